The highest BCUT2D eigenvalue weighted by atomic mass is 35.5. The topological polar surface area (TPSA) is 92.3 Å². The number of hydrogen-bond donors (Lipinski definition) is 2. The second-order valence-electron chi connectivity index (χ2n) is 9.61. The van der Waals surface area contributed by atoms with Crippen molar-refractivity contribution in [3.8, 4) is 11.8 Å². The van der Waals surface area contributed by atoms with Crippen LogP contribution in [0, 0.1) is 11.8 Å². The molecule has 4 aromatic rings. The lowest BCUT2D eigenvalue weighted by molar-refractivity contribution is 0.0223. The maximum Gasteiger partial charge on any atom is 0.263 e. The highest BCUT2D eigenvalue weighted by Gasteiger charge is 2.37. The highest BCUT2D eigenvalue weighted by molar-refractivity contribution is 7.21. The number of nitrogens with one attached hydrogen (secondary N) is 2. The molecule has 10 heteroatoms. The van der Waals surface area contributed by atoms with Gasteiger partial charge < -0.3 is 15.4 Å². The van der Waals surface area contributed by atoms with E-state index in [-0.39, 0.29) is 11.2 Å². The monoisotopic (exact) mass is 506 g/mol. The Hall–Kier alpha value is -3.01. The number of pyridine rings is 1. The minimum absolute atomic E-state index is 0.0357. The number of hydrogen-bond acceptors (Lipinski definition) is 8. The van der Waals surface area contributed by atoms with Crippen molar-refractivity contribution < 1.29 is 9.53 Å². The van der Waals surface area contributed by atoms with E-state index in [1.807, 2.05) is 24.3 Å². The van der Waals surface area contributed by atoms with Gasteiger partial charge in [-0.25, -0.2) is 9.97 Å². The van der Waals surface area contributed by atoms with E-state index in [1.54, 1.807) is 6.20 Å². The molecule has 8 nitrogen and oxygen atoms in total. The number of aromatic nitrogens is 3. The van der Waals surface area contributed by atoms with Gasteiger partial charge >= 0.3 is 0 Å². The number of ether oxygens (including phenoxy) is 1. The predicted molar refractivity (Wildman–Crippen MR) is 137 cm³/mol. The molecule has 1 aliphatic carbocycles. The number of benzene rings is 1. The van der Waals surface area contributed by atoms with E-state index in [1.165, 1.54) is 24.2 Å². The molecule has 0 unspecified atom stereocenters. The third kappa shape index (κ3) is 3.78. The number of anilines is 1. The Morgan fingerprint density at radius 1 is 1.09 bits per heavy atom. The third-order valence-electron chi connectivity index (χ3n) is 7.17. The van der Waals surface area contributed by atoms with Gasteiger partial charge in [0.25, 0.3) is 5.91 Å². The lowest BCUT2D eigenvalue weighted by Gasteiger charge is -2.47. The van der Waals surface area contributed by atoms with Gasteiger partial charge in [-0.05, 0) is 54.5 Å². The molecule has 2 saturated heterocycles. The summed E-state index contributed by atoms with van der Waals surface area (Å²) in [6.07, 6.45) is 4.48. The molecule has 0 radical (unpaired) electrons. The van der Waals surface area contributed by atoms with Crippen LogP contribution < -0.4 is 15.4 Å². The normalized spacial score (nSPS) is 21.7. The molecule has 2 bridgehead atoms. The van der Waals surface area contributed by atoms with Crippen LogP contribution >= 0.6 is 22.9 Å². The zero-order valence-electron chi connectivity index (χ0n) is 18.9. The number of nitrogens with zero attached hydrogens (tertiary/aromatic N) is 4. The molecule has 35 heavy (non-hydrogen) atoms. The number of fused-ring (bicyclic) bond motifs is 7. The van der Waals surface area contributed by atoms with E-state index < -0.39 is 0 Å². The summed E-state index contributed by atoms with van der Waals surface area (Å²) in [5, 5.41) is 8.50. The second kappa shape index (κ2) is 8.29. The molecule has 178 valence electrons. The first-order chi connectivity index (χ1) is 17.1. The highest BCUT2D eigenvalue weighted by Crippen LogP contribution is 2.42. The van der Waals surface area contributed by atoms with Crippen molar-refractivity contribution in [1.29, 1.82) is 0 Å². The summed E-state index contributed by atoms with van der Waals surface area (Å²) in [5.74, 6) is 2.49. The first-order valence-corrected chi connectivity index (χ1v) is 13.1. The van der Waals surface area contributed by atoms with Crippen molar-refractivity contribution in [3.05, 3.63) is 46.2 Å². The zero-order valence-corrected chi connectivity index (χ0v) is 20.5. The van der Waals surface area contributed by atoms with Crippen LogP contribution in [0.15, 0.2) is 30.5 Å². The molecule has 0 spiro atoms. The number of amides is 1. The van der Waals surface area contributed by atoms with Crippen LogP contribution in [-0.4, -0.2) is 51.9 Å². The van der Waals surface area contributed by atoms with Crippen molar-refractivity contribution in [3.63, 3.8) is 0 Å². The average Bonchev–Trinajstić information content (AvgIpc) is 3.12. The van der Waals surface area contributed by atoms with Crippen LogP contribution in [-0.2, 0) is 6.54 Å². The fourth-order valence-corrected chi connectivity index (χ4v) is 6.86. The maximum atomic E-state index is 12.5. The van der Waals surface area contributed by atoms with Gasteiger partial charge in [-0.15, -0.1) is 11.3 Å². The smallest absolute Gasteiger partial charge is 0.263 e. The summed E-state index contributed by atoms with van der Waals surface area (Å²) in [6.45, 7) is 4.25. The van der Waals surface area contributed by atoms with Crippen LogP contribution in [0.3, 0.4) is 0 Å². The Bertz CT molecular complexity index is 1470. The Morgan fingerprint density at radius 2 is 1.91 bits per heavy atom. The van der Waals surface area contributed by atoms with Gasteiger partial charge in [-0.3, -0.25) is 9.69 Å². The molecule has 2 N–H and O–H groups in total. The summed E-state index contributed by atoms with van der Waals surface area (Å²) in [4.78, 5) is 29.0. The number of piperidine rings is 2. The number of rotatable bonds is 4. The first-order valence-electron chi connectivity index (χ1n) is 11.9. The lowest BCUT2D eigenvalue weighted by atomic mass is 9.71. The van der Waals surface area contributed by atoms with Crippen LogP contribution in [0.2, 0.25) is 5.28 Å². The summed E-state index contributed by atoms with van der Waals surface area (Å²) in [5.41, 5.74) is 2.58. The SMILES string of the molecule is O=C1NCCNc2c1sc1ccc3nc(Oc4nc(Cl)ncc4CN4CC5CC(C5)C4)ccc3c21. The Balaban J connectivity index is 1.22. The second-order valence-corrected chi connectivity index (χ2v) is 11.0. The molecule has 1 aromatic carbocycles. The Kier molecular flexibility index (Phi) is 5.04. The van der Waals surface area contributed by atoms with Gasteiger partial charge in [-0.1, -0.05) is 0 Å². The van der Waals surface area contributed by atoms with Gasteiger partial charge in [0.1, 0.15) is 4.88 Å². The van der Waals surface area contributed by atoms with Crippen molar-refractivity contribution in [2.24, 2.45) is 11.8 Å². The van der Waals surface area contributed by atoms with Gasteiger partial charge in [0, 0.05) is 66.0 Å². The summed E-state index contributed by atoms with van der Waals surface area (Å²) >= 11 is 7.62. The van der Waals surface area contributed by atoms with E-state index in [4.69, 9.17) is 21.3 Å². The van der Waals surface area contributed by atoms with Crippen molar-refractivity contribution in [2.45, 2.75) is 19.4 Å². The number of halogens is 1. The molecule has 3 aromatic heterocycles. The quantitative estimate of drug-likeness (QED) is 0.388. The van der Waals surface area contributed by atoms with E-state index >= 15 is 0 Å². The van der Waals surface area contributed by atoms with E-state index in [2.05, 4.69) is 25.5 Å². The Labute approximate surface area is 210 Å². The van der Waals surface area contributed by atoms with Crippen LogP contribution in [0.1, 0.15) is 28.1 Å². The van der Waals surface area contributed by atoms with Crippen molar-refractivity contribution >= 4 is 55.5 Å². The van der Waals surface area contributed by atoms with Crippen molar-refractivity contribution in [2.75, 3.05) is 31.5 Å². The molecule has 1 amide bonds. The Morgan fingerprint density at radius 3 is 2.77 bits per heavy atom. The van der Waals surface area contributed by atoms with E-state index in [0.717, 1.165) is 63.7 Å². The molecule has 8 rings (SSSR count). The zero-order chi connectivity index (χ0) is 23.5. The molecule has 3 aliphatic heterocycles. The van der Waals surface area contributed by atoms with Gasteiger partial charge in [0.15, 0.2) is 0 Å². The van der Waals surface area contributed by atoms with E-state index in [9.17, 15) is 4.79 Å². The minimum atomic E-state index is -0.0357. The van der Waals surface area contributed by atoms with Crippen LogP contribution in [0.5, 0.6) is 11.8 Å². The number of carbonyl (C=O) groups is 1. The molecular formula is C25H23ClN6O2S. The maximum absolute atomic E-state index is 12.5. The summed E-state index contributed by atoms with van der Waals surface area (Å²) in [7, 11) is 0. The van der Waals surface area contributed by atoms with Crippen molar-refractivity contribution in [1.82, 2.24) is 25.2 Å². The molecule has 1 saturated carbocycles. The largest absolute Gasteiger partial charge is 0.420 e. The minimum Gasteiger partial charge on any atom is -0.420 e. The van der Waals surface area contributed by atoms with Gasteiger partial charge in [0.05, 0.1) is 11.2 Å². The van der Waals surface area contributed by atoms with Gasteiger partial charge in [-0.2, -0.15) is 4.98 Å². The number of carbonyl (C=O) groups excluding carboxylic acids is 1. The molecular weight excluding hydrogens is 484 g/mol. The molecule has 6 heterocycles. The van der Waals surface area contributed by atoms with Crippen LogP contribution in [0.25, 0.3) is 21.0 Å². The van der Waals surface area contributed by atoms with E-state index in [0.29, 0.717) is 29.7 Å². The predicted octanol–water partition coefficient (Wildman–Crippen LogP) is 4.68. The molecule has 3 fully saturated rings. The summed E-state index contributed by atoms with van der Waals surface area (Å²) in [6, 6.07) is 7.82. The standard InChI is InChI=1S/C25H23ClN6O2S/c26-25-29-9-15(12-32-10-13-7-14(8-13)11-32)24(31-25)34-19-4-1-16-17(30-19)2-3-18-20(16)21-22(35-18)23(33)28-6-5-27-21/h1-4,9,13-14,27H,5-8,10-12H2,(H,28,33). The fraction of sp³-hybridized carbons (Fsp3) is 0.360. The molecule has 4 aliphatic rings. The van der Waals surface area contributed by atoms with Gasteiger partial charge in [0.2, 0.25) is 17.0 Å². The first kappa shape index (κ1) is 21.3. The van der Waals surface area contributed by atoms with Crippen LogP contribution in [0.4, 0.5) is 5.69 Å². The summed E-state index contributed by atoms with van der Waals surface area (Å²) < 4.78 is 7.22. The molecule has 0 atom stereocenters. The average molecular weight is 507 g/mol. The lowest BCUT2D eigenvalue weighted by Crippen LogP contribution is -2.48. The fourth-order valence-electron chi connectivity index (χ4n) is 5.63. The number of thiophene rings is 1. The third-order valence-corrected chi connectivity index (χ3v) is 8.51.